The molecule has 0 amide bonds. The predicted octanol–water partition coefficient (Wildman–Crippen LogP) is 3.08. The van der Waals surface area contributed by atoms with Gasteiger partial charge in [0.1, 0.15) is 0 Å². The minimum atomic E-state index is 0.323. The summed E-state index contributed by atoms with van der Waals surface area (Å²) in [6.45, 7) is 8.82. The Kier molecular flexibility index (Phi) is 3.50. The molecule has 0 aromatic rings. The first kappa shape index (κ1) is 9.56. The van der Waals surface area contributed by atoms with Gasteiger partial charge in [-0.05, 0) is 18.3 Å². The molecule has 10 heavy (non-hydrogen) atoms. The summed E-state index contributed by atoms with van der Waals surface area (Å²) < 4.78 is 0. The van der Waals surface area contributed by atoms with Crippen molar-refractivity contribution < 1.29 is 0 Å². The Hall–Kier alpha value is -0.440. The van der Waals surface area contributed by atoms with Crippen LogP contribution in [0, 0.1) is 23.7 Å². The van der Waals surface area contributed by atoms with Gasteiger partial charge in [-0.1, -0.05) is 27.7 Å². The lowest BCUT2D eigenvalue weighted by atomic mass is 9.76. The number of hydrogen-bond acceptors (Lipinski definition) is 0. The smallest absolute Gasteiger partial charge is 0.0248 e. The van der Waals surface area contributed by atoms with Crippen LogP contribution in [0.2, 0.25) is 0 Å². The predicted molar refractivity (Wildman–Crippen MR) is 46.7 cm³/mol. The van der Waals surface area contributed by atoms with E-state index in [-0.39, 0.29) is 0 Å². The summed E-state index contributed by atoms with van der Waals surface area (Å²) in [7, 11) is 0. The second kappa shape index (κ2) is 3.66. The van der Waals surface area contributed by atoms with Gasteiger partial charge < -0.3 is 0 Å². The van der Waals surface area contributed by atoms with Gasteiger partial charge in [-0.15, -0.1) is 12.3 Å². The fourth-order valence-corrected chi connectivity index (χ4v) is 1.14. The average Bonchev–Trinajstić information content (AvgIpc) is 1.90. The minimum Gasteiger partial charge on any atom is -0.120 e. The molecule has 0 aliphatic carbocycles. The van der Waals surface area contributed by atoms with E-state index < -0.39 is 0 Å². The molecule has 0 bridgehead atoms. The molecule has 58 valence electrons. The molecule has 0 heterocycles. The van der Waals surface area contributed by atoms with Crippen LogP contribution in [0.25, 0.3) is 0 Å². The summed E-state index contributed by atoms with van der Waals surface area (Å²) in [5.74, 6) is 3.29. The van der Waals surface area contributed by atoms with Gasteiger partial charge in [0.15, 0.2) is 0 Å². The van der Waals surface area contributed by atoms with Gasteiger partial charge in [0.2, 0.25) is 0 Å². The maximum Gasteiger partial charge on any atom is 0.0248 e. The van der Waals surface area contributed by atoms with Crippen LogP contribution in [0.5, 0.6) is 0 Å². The van der Waals surface area contributed by atoms with Crippen molar-refractivity contribution in [2.75, 3.05) is 0 Å². The van der Waals surface area contributed by atoms with Crippen molar-refractivity contribution >= 4 is 0 Å². The van der Waals surface area contributed by atoms with E-state index in [0.717, 1.165) is 12.8 Å². The SMILES string of the molecule is C#CC(CC)C(C)(C)CC. The average molecular weight is 138 g/mol. The highest BCUT2D eigenvalue weighted by atomic mass is 14.3. The zero-order valence-electron chi connectivity index (χ0n) is 7.57. The Balaban J connectivity index is 4.15. The topological polar surface area (TPSA) is 0 Å². The van der Waals surface area contributed by atoms with Crippen LogP contribution in [0.3, 0.4) is 0 Å². The second-order valence-electron chi connectivity index (χ2n) is 3.47. The summed E-state index contributed by atoms with van der Waals surface area (Å²) in [5, 5.41) is 0. The van der Waals surface area contributed by atoms with Crippen LogP contribution in [0.15, 0.2) is 0 Å². The molecule has 0 saturated carbocycles. The zero-order chi connectivity index (χ0) is 8.20. The summed E-state index contributed by atoms with van der Waals surface area (Å²) in [5.41, 5.74) is 0.323. The minimum absolute atomic E-state index is 0.323. The van der Waals surface area contributed by atoms with Gasteiger partial charge in [0.25, 0.3) is 0 Å². The Labute approximate surface area is 65.0 Å². The Morgan fingerprint density at radius 3 is 2.00 bits per heavy atom. The summed E-state index contributed by atoms with van der Waals surface area (Å²) in [4.78, 5) is 0. The molecule has 0 aromatic carbocycles. The number of hydrogen-bond donors (Lipinski definition) is 0. The molecule has 1 unspecified atom stereocenters. The van der Waals surface area contributed by atoms with E-state index in [1.807, 2.05) is 0 Å². The molecule has 0 rings (SSSR count). The van der Waals surface area contributed by atoms with Crippen LogP contribution in [0.4, 0.5) is 0 Å². The molecule has 0 aromatic heterocycles. The molecule has 0 saturated heterocycles. The van der Waals surface area contributed by atoms with E-state index in [4.69, 9.17) is 6.42 Å². The highest BCUT2D eigenvalue weighted by Gasteiger charge is 2.23. The molecule has 0 N–H and O–H groups in total. The normalized spacial score (nSPS) is 14.3. The van der Waals surface area contributed by atoms with E-state index in [0.29, 0.717) is 11.3 Å². The van der Waals surface area contributed by atoms with E-state index >= 15 is 0 Å². The molecule has 0 nitrogen and oxygen atoms in total. The number of rotatable bonds is 3. The van der Waals surface area contributed by atoms with Gasteiger partial charge in [-0.25, -0.2) is 0 Å². The van der Waals surface area contributed by atoms with Gasteiger partial charge in [0, 0.05) is 5.92 Å². The Bertz CT molecular complexity index is 125. The summed E-state index contributed by atoms with van der Waals surface area (Å²) in [6, 6.07) is 0. The van der Waals surface area contributed by atoms with E-state index in [1.54, 1.807) is 0 Å². The third-order valence-corrected chi connectivity index (χ3v) is 2.46. The summed E-state index contributed by atoms with van der Waals surface area (Å²) in [6.07, 6.45) is 7.65. The van der Waals surface area contributed by atoms with Crippen molar-refractivity contribution in [1.82, 2.24) is 0 Å². The van der Waals surface area contributed by atoms with E-state index in [1.165, 1.54) is 0 Å². The lowest BCUT2D eigenvalue weighted by Crippen LogP contribution is -2.20. The van der Waals surface area contributed by atoms with Crippen LogP contribution < -0.4 is 0 Å². The van der Waals surface area contributed by atoms with E-state index in [9.17, 15) is 0 Å². The number of terminal acetylenes is 1. The largest absolute Gasteiger partial charge is 0.120 e. The van der Waals surface area contributed by atoms with Crippen LogP contribution >= 0.6 is 0 Å². The van der Waals surface area contributed by atoms with E-state index in [2.05, 4.69) is 33.6 Å². The highest BCUT2D eigenvalue weighted by Crippen LogP contribution is 2.31. The van der Waals surface area contributed by atoms with Crippen molar-refractivity contribution in [3.8, 4) is 12.3 Å². The molecular formula is C10H18. The molecule has 0 aliphatic heterocycles. The standard InChI is InChI=1S/C10H18/c1-6-9(7-2)10(4,5)8-3/h1,9H,7-8H2,2-5H3. The third kappa shape index (κ3) is 2.06. The van der Waals surface area contributed by atoms with Crippen LogP contribution in [0.1, 0.15) is 40.5 Å². The fourth-order valence-electron chi connectivity index (χ4n) is 1.14. The molecule has 0 aliphatic rings. The van der Waals surface area contributed by atoms with Crippen LogP contribution in [-0.4, -0.2) is 0 Å². The van der Waals surface area contributed by atoms with Gasteiger partial charge >= 0.3 is 0 Å². The molecular weight excluding hydrogens is 120 g/mol. The molecule has 1 atom stereocenters. The fraction of sp³-hybridized carbons (Fsp3) is 0.800. The quantitative estimate of drug-likeness (QED) is 0.526. The lowest BCUT2D eigenvalue weighted by Gasteiger charge is -2.28. The first-order valence-electron chi connectivity index (χ1n) is 4.04. The van der Waals surface area contributed by atoms with Crippen LogP contribution in [-0.2, 0) is 0 Å². The maximum absolute atomic E-state index is 5.39. The first-order chi connectivity index (χ1) is 4.58. The Morgan fingerprint density at radius 2 is 1.90 bits per heavy atom. The third-order valence-electron chi connectivity index (χ3n) is 2.46. The van der Waals surface area contributed by atoms with Crippen molar-refractivity contribution in [3.63, 3.8) is 0 Å². The van der Waals surface area contributed by atoms with Gasteiger partial charge in [-0.2, -0.15) is 0 Å². The molecule has 0 spiro atoms. The first-order valence-corrected chi connectivity index (χ1v) is 4.04. The second-order valence-corrected chi connectivity index (χ2v) is 3.47. The molecule has 0 radical (unpaired) electrons. The van der Waals surface area contributed by atoms with Crippen molar-refractivity contribution in [2.45, 2.75) is 40.5 Å². The maximum atomic E-state index is 5.39. The molecule has 0 fully saturated rings. The zero-order valence-corrected chi connectivity index (χ0v) is 7.57. The van der Waals surface area contributed by atoms with Crippen molar-refractivity contribution in [1.29, 1.82) is 0 Å². The molecule has 0 heteroatoms. The van der Waals surface area contributed by atoms with Crippen molar-refractivity contribution in [3.05, 3.63) is 0 Å². The lowest BCUT2D eigenvalue weighted by molar-refractivity contribution is 0.252. The monoisotopic (exact) mass is 138 g/mol. The summed E-state index contributed by atoms with van der Waals surface area (Å²) >= 11 is 0. The van der Waals surface area contributed by atoms with Crippen molar-refractivity contribution in [2.24, 2.45) is 11.3 Å². The van der Waals surface area contributed by atoms with Gasteiger partial charge in [-0.3, -0.25) is 0 Å². The van der Waals surface area contributed by atoms with Gasteiger partial charge in [0.05, 0.1) is 0 Å². The highest BCUT2D eigenvalue weighted by molar-refractivity contribution is 4.98. The Morgan fingerprint density at radius 1 is 1.40 bits per heavy atom.